The van der Waals surface area contributed by atoms with E-state index in [2.05, 4.69) is 6.92 Å². The largest absolute Gasteiger partial charge is 0.389 e. The summed E-state index contributed by atoms with van der Waals surface area (Å²) < 4.78 is 5.52. The smallest absolute Gasteiger partial charge is 0.0703 e. The van der Waals surface area contributed by atoms with Crippen LogP contribution < -0.4 is 0 Å². The van der Waals surface area contributed by atoms with Crippen LogP contribution in [0.1, 0.15) is 32.6 Å². The van der Waals surface area contributed by atoms with Crippen LogP contribution in [0.3, 0.4) is 0 Å². The zero-order valence-electron chi connectivity index (χ0n) is 7.05. The van der Waals surface area contributed by atoms with E-state index in [-0.39, 0.29) is 5.60 Å². The van der Waals surface area contributed by atoms with Gasteiger partial charge in [-0.25, -0.2) is 0 Å². The van der Waals surface area contributed by atoms with Gasteiger partial charge in [-0.2, -0.15) is 0 Å². The molecule has 1 heterocycles. The minimum Gasteiger partial charge on any atom is -0.389 e. The minimum absolute atomic E-state index is 0.322. The van der Waals surface area contributed by atoms with Crippen LogP contribution >= 0.6 is 0 Å². The molecule has 1 saturated carbocycles. The first-order chi connectivity index (χ1) is 5.26. The predicted molar refractivity (Wildman–Crippen MR) is 42.3 cm³/mol. The number of ether oxygens (including phenoxy) is 1. The normalized spacial score (nSPS) is 40.9. The highest BCUT2D eigenvalue weighted by atomic mass is 16.5. The van der Waals surface area contributed by atoms with Gasteiger partial charge in [-0.15, -0.1) is 0 Å². The van der Waals surface area contributed by atoms with E-state index in [1.54, 1.807) is 0 Å². The third kappa shape index (κ3) is 1.18. The van der Waals surface area contributed by atoms with Gasteiger partial charge in [-0.1, -0.05) is 6.92 Å². The van der Waals surface area contributed by atoms with Crippen LogP contribution in [0.25, 0.3) is 0 Å². The maximum absolute atomic E-state index is 9.85. The molecule has 1 N–H and O–H groups in total. The van der Waals surface area contributed by atoms with Crippen LogP contribution in [0.4, 0.5) is 0 Å². The van der Waals surface area contributed by atoms with Crippen molar-refractivity contribution in [3.05, 3.63) is 0 Å². The summed E-state index contributed by atoms with van der Waals surface area (Å²) in [6.07, 6.45) is 4.44. The lowest BCUT2D eigenvalue weighted by atomic mass is 9.91. The van der Waals surface area contributed by atoms with Gasteiger partial charge in [0.1, 0.15) is 0 Å². The van der Waals surface area contributed by atoms with E-state index in [9.17, 15) is 5.11 Å². The Bertz CT molecular complexity index is 152. The third-order valence-electron chi connectivity index (χ3n) is 3.06. The number of hydrogen-bond donors (Lipinski definition) is 1. The van der Waals surface area contributed by atoms with Crippen molar-refractivity contribution in [3.8, 4) is 0 Å². The first kappa shape index (κ1) is 7.56. The van der Waals surface area contributed by atoms with Gasteiger partial charge in [0, 0.05) is 12.5 Å². The molecule has 0 bridgehead atoms. The van der Waals surface area contributed by atoms with Crippen LogP contribution in [0.2, 0.25) is 0 Å². The number of hydrogen-bond acceptors (Lipinski definition) is 2. The van der Waals surface area contributed by atoms with Gasteiger partial charge in [0.05, 0.1) is 11.7 Å². The lowest BCUT2D eigenvalue weighted by Crippen LogP contribution is -2.29. The SMILES string of the molecule is CCC1OCCC1C1(O)CC1. The fourth-order valence-electron chi connectivity index (χ4n) is 2.16. The van der Waals surface area contributed by atoms with Gasteiger partial charge in [0.15, 0.2) is 0 Å². The first-order valence-corrected chi connectivity index (χ1v) is 4.60. The summed E-state index contributed by atoms with van der Waals surface area (Å²) in [5.74, 6) is 0.437. The molecule has 0 amide bonds. The second kappa shape index (κ2) is 2.46. The fourth-order valence-corrected chi connectivity index (χ4v) is 2.16. The van der Waals surface area contributed by atoms with E-state index in [0.29, 0.717) is 12.0 Å². The molecular formula is C9H16O2. The molecule has 1 aliphatic heterocycles. The number of rotatable bonds is 2. The Hall–Kier alpha value is -0.0800. The minimum atomic E-state index is -0.322. The van der Waals surface area contributed by atoms with Gasteiger partial charge >= 0.3 is 0 Å². The van der Waals surface area contributed by atoms with Crippen molar-refractivity contribution in [1.82, 2.24) is 0 Å². The van der Waals surface area contributed by atoms with Gasteiger partial charge in [0.25, 0.3) is 0 Å². The van der Waals surface area contributed by atoms with Crippen LogP contribution in [0.15, 0.2) is 0 Å². The van der Waals surface area contributed by atoms with E-state index < -0.39 is 0 Å². The Balaban J connectivity index is 2.01. The third-order valence-corrected chi connectivity index (χ3v) is 3.06. The zero-order chi connectivity index (χ0) is 7.90. The Morgan fingerprint density at radius 2 is 2.27 bits per heavy atom. The molecule has 0 radical (unpaired) electrons. The van der Waals surface area contributed by atoms with Crippen molar-refractivity contribution in [2.24, 2.45) is 5.92 Å². The maximum Gasteiger partial charge on any atom is 0.0703 e. The summed E-state index contributed by atoms with van der Waals surface area (Å²) >= 11 is 0. The van der Waals surface area contributed by atoms with Crippen LogP contribution in [-0.4, -0.2) is 23.4 Å². The molecule has 2 aliphatic rings. The van der Waals surface area contributed by atoms with E-state index in [1.165, 1.54) is 0 Å². The topological polar surface area (TPSA) is 29.5 Å². The molecule has 1 saturated heterocycles. The summed E-state index contributed by atoms with van der Waals surface area (Å²) in [6.45, 7) is 2.99. The molecule has 2 nitrogen and oxygen atoms in total. The van der Waals surface area contributed by atoms with Gasteiger partial charge < -0.3 is 9.84 Å². The molecule has 0 aromatic carbocycles. The Labute approximate surface area is 67.6 Å². The quantitative estimate of drug-likeness (QED) is 0.653. The van der Waals surface area contributed by atoms with Crippen molar-refractivity contribution in [1.29, 1.82) is 0 Å². The summed E-state index contributed by atoms with van der Waals surface area (Å²) in [5.41, 5.74) is -0.322. The lowest BCUT2D eigenvalue weighted by molar-refractivity contribution is 0.0172. The van der Waals surface area contributed by atoms with Crippen molar-refractivity contribution >= 4 is 0 Å². The molecule has 64 valence electrons. The number of aliphatic hydroxyl groups is 1. The Morgan fingerprint density at radius 3 is 2.82 bits per heavy atom. The fraction of sp³-hybridized carbons (Fsp3) is 1.00. The van der Waals surface area contributed by atoms with Gasteiger partial charge in [0.2, 0.25) is 0 Å². The lowest BCUT2D eigenvalue weighted by Gasteiger charge is -2.21. The summed E-state index contributed by atoms with van der Waals surface area (Å²) in [6, 6.07) is 0. The zero-order valence-corrected chi connectivity index (χ0v) is 7.05. The molecule has 2 rings (SSSR count). The molecule has 1 aliphatic carbocycles. The molecular weight excluding hydrogens is 140 g/mol. The highest BCUT2D eigenvalue weighted by molar-refractivity contribution is 5.03. The van der Waals surface area contributed by atoms with Crippen LogP contribution in [-0.2, 0) is 4.74 Å². The monoisotopic (exact) mass is 156 g/mol. The molecule has 2 fully saturated rings. The van der Waals surface area contributed by atoms with Crippen LogP contribution in [0.5, 0.6) is 0 Å². The average molecular weight is 156 g/mol. The first-order valence-electron chi connectivity index (χ1n) is 4.60. The molecule has 0 spiro atoms. The van der Waals surface area contributed by atoms with E-state index in [0.717, 1.165) is 32.3 Å². The standard InChI is InChI=1S/C9H16O2/c1-2-8-7(3-6-11-8)9(10)4-5-9/h7-8,10H,2-6H2,1H3. The molecule has 2 unspecified atom stereocenters. The summed E-state index contributed by atoms with van der Waals surface area (Å²) in [5, 5.41) is 9.85. The Kier molecular flexibility index (Phi) is 1.69. The Morgan fingerprint density at radius 1 is 1.55 bits per heavy atom. The van der Waals surface area contributed by atoms with Gasteiger partial charge in [-0.3, -0.25) is 0 Å². The second-order valence-corrected chi connectivity index (χ2v) is 3.82. The van der Waals surface area contributed by atoms with Crippen molar-refractivity contribution < 1.29 is 9.84 Å². The van der Waals surface area contributed by atoms with Crippen LogP contribution in [0, 0.1) is 5.92 Å². The van der Waals surface area contributed by atoms with Gasteiger partial charge in [-0.05, 0) is 25.7 Å². The van der Waals surface area contributed by atoms with E-state index in [1.807, 2.05) is 0 Å². The average Bonchev–Trinajstić information content (AvgIpc) is 2.61. The molecule has 0 aromatic heterocycles. The molecule has 2 heteroatoms. The second-order valence-electron chi connectivity index (χ2n) is 3.82. The highest BCUT2D eigenvalue weighted by Crippen LogP contribution is 2.48. The van der Waals surface area contributed by atoms with E-state index >= 15 is 0 Å². The van der Waals surface area contributed by atoms with E-state index in [4.69, 9.17) is 4.74 Å². The summed E-state index contributed by atoms with van der Waals surface area (Å²) in [4.78, 5) is 0. The van der Waals surface area contributed by atoms with Crippen molar-refractivity contribution in [3.63, 3.8) is 0 Å². The molecule has 11 heavy (non-hydrogen) atoms. The van der Waals surface area contributed by atoms with Crippen molar-refractivity contribution in [2.75, 3.05) is 6.61 Å². The predicted octanol–water partition coefficient (Wildman–Crippen LogP) is 1.33. The molecule has 2 atom stereocenters. The highest BCUT2D eigenvalue weighted by Gasteiger charge is 2.52. The van der Waals surface area contributed by atoms with Crippen molar-refractivity contribution in [2.45, 2.75) is 44.3 Å². The maximum atomic E-state index is 9.85. The summed E-state index contributed by atoms with van der Waals surface area (Å²) in [7, 11) is 0. The molecule has 0 aromatic rings.